The van der Waals surface area contributed by atoms with E-state index in [2.05, 4.69) is 5.32 Å². The van der Waals surface area contributed by atoms with Gasteiger partial charge in [-0.1, -0.05) is 11.6 Å². The molecule has 1 aromatic rings. The first kappa shape index (κ1) is 18.4. The summed E-state index contributed by atoms with van der Waals surface area (Å²) in [6.07, 6.45) is 0.505. The van der Waals surface area contributed by atoms with Crippen LogP contribution in [0.25, 0.3) is 0 Å². The molecule has 5 nitrogen and oxygen atoms in total. The second kappa shape index (κ2) is 8.26. The second-order valence-corrected chi connectivity index (χ2v) is 9.54. The monoisotopic (exact) mass is 377 g/mol. The highest BCUT2D eigenvalue weighted by Crippen LogP contribution is 2.17. The summed E-state index contributed by atoms with van der Waals surface area (Å²) < 4.78 is 28.3. The molecule has 23 heavy (non-hydrogen) atoms. The second-order valence-electron chi connectivity index (χ2n) is 5.42. The third kappa shape index (κ3) is 6.24. The molecule has 0 unspecified atom stereocenters. The fraction of sp³-hybridized carbons (Fsp3) is 0.533. The van der Waals surface area contributed by atoms with E-state index in [-0.39, 0.29) is 28.7 Å². The fourth-order valence-electron chi connectivity index (χ4n) is 2.22. The summed E-state index contributed by atoms with van der Waals surface area (Å²) in [4.78, 5) is 12.0. The highest BCUT2D eigenvalue weighted by Gasteiger charge is 2.29. The van der Waals surface area contributed by atoms with Crippen LogP contribution in [0.3, 0.4) is 0 Å². The van der Waals surface area contributed by atoms with Crippen molar-refractivity contribution in [2.24, 2.45) is 0 Å². The van der Waals surface area contributed by atoms with E-state index in [9.17, 15) is 13.2 Å². The lowest BCUT2D eigenvalue weighted by molar-refractivity contribution is -0.120. The Morgan fingerprint density at radius 3 is 2.74 bits per heavy atom. The number of carbonyl (C=O) groups excluding carboxylic acids is 1. The molecule has 0 bridgehead atoms. The minimum absolute atomic E-state index is 0.0514. The normalized spacial score (nSPS) is 20.9. The Hall–Kier alpha value is -0.920. The van der Waals surface area contributed by atoms with Gasteiger partial charge in [0.2, 0.25) is 5.91 Å². The number of halogens is 1. The number of thioether (sulfide) groups is 1. The fourth-order valence-corrected chi connectivity index (χ4v) is 4.77. The smallest absolute Gasteiger partial charge is 0.233 e. The zero-order valence-corrected chi connectivity index (χ0v) is 15.2. The number of ether oxygens (including phenoxy) is 1. The van der Waals surface area contributed by atoms with Gasteiger partial charge in [-0.05, 0) is 37.6 Å². The van der Waals surface area contributed by atoms with Crippen LogP contribution in [0.4, 0.5) is 0 Å². The molecule has 1 saturated heterocycles. The van der Waals surface area contributed by atoms with Crippen molar-refractivity contribution in [3.63, 3.8) is 0 Å². The summed E-state index contributed by atoms with van der Waals surface area (Å²) in [6.45, 7) is 2.30. The molecule has 2 rings (SSSR count). The summed E-state index contributed by atoms with van der Waals surface area (Å²) in [5.41, 5.74) is 0. The van der Waals surface area contributed by atoms with Crippen LogP contribution < -0.4 is 10.1 Å². The van der Waals surface area contributed by atoms with Crippen LogP contribution in [0.1, 0.15) is 13.3 Å². The lowest BCUT2D eigenvalue weighted by Gasteiger charge is -2.15. The zero-order valence-electron chi connectivity index (χ0n) is 12.8. The molecular formula is C15H20ClNO4S2. The lowest BCUT2D eigenvalue weighted by Crippen LogP contribution is -2.40. The maximum Gasteiger partial charge on any atom is 0.233 e. The van der Waals surface area contributed by atoms with E-state index in [1.54, 1.807) is 24.3 Å². The molecule has 1 N–H and O–H groups in total. The number of hydrogen-bond donors (Lipinski definition) is 1. The van der Waals surface area contributed by atoms with Gasteiger partial charge in [0.1, 0.15) is 5.75 Å². The molecule has 1 heterocycles. The minimum Gasteiger partial charge on any atom is -0.493 e. The number of carbonyl (C=O) groups is 1. The number of nitrogens with one attached hydrogen (secondary N) is 1. The molecule has 0 aromatic heterocycles. The van der Waals surface area contributed by atoms with Crippen molar-refractivity contribution in [3.8, 4) is 5.75 Å². The Bertz CT molecular complexity index is 633. The molecule has 0 saturated carbocycles. The molecule has 128 valence electrons. The van der Waals surface area contributed by atoms with Crippen molar-refractivity contribution < 1.29 is 17.9 Å². The first-order valence-corrected chi connectivity index (χ1v) is 10.6. The van der Waals surface area contributed by atoms with Gasteiger partial charge in [0, 0.05) is 16.8 Å². The van der Waals surface area contributed by atoms with Crippen molar-refractivity contribution in [1.82, 2.24) is 5.32 Å². The van der Waals surface area contributed by atoms with Crippen LogP contribution in [0.2, 0.25) is 5.02 Å². The maximum absolute atomic E-state index is 12.0. The molecule has 1 aliphatic rings. The van der Waals surface area contributed by atoms with E-state index in [4.69, 9.17) is 16.3 Å². The van der Waals surface area contributed by atoms with E-state index in [1.807, 2.05) is 6.92 Å². The van der Waals surface area contributed by atoms with Crippen LogP contribution >= 0.6 is 23.4 Å². The molecule has 1 aliphatic heterocycles. The molecule has 1 aromatic carbocycles. The van der Waals surface area contributed by atoms with Crippen LogP contribution in [0, 0.1) is 0 Å². The molecule has 1 amide bonds. The summed E-state index contributed by atoms with van der Waals surface area (Å²) in [7, 11) is -2.97. The average molecular weight is 378 g/mol. The average Bonchev–Trinajstić information content (AvgIpc) is 2.84. The Kier molecular flexibility index (Phi) is 6.61. The van der Waals surface area contributed by atoms with Gasteiger partial charge in [0.25, 0.3) is 0 Å². The van der Waals surface area contributed by atoms with E-state index in [1.165, 1.54) is 11.8 Å². The molecule has 8 heteroatoms. The number of hydrogen-bond acceptors (Lipinski definition) is 5. The van der Waals surface area contributed by atoms with Gasteiger partial charge in [-0.15, -0.1) is 11.8 Å². The Morgan fingerprint density at radius 2 is 2.13 bits per heavy atom. The Morgan fingerprint density at radius 1 is 1.43 bits per heavy atom. The molecule has 0 radical (unpaired) electrons. The van der Waals surface area contributed by atoms with Crippen molar-refractivity contribution in [2.75, 3.05) is 23.9 Å². The Balaban J connectivity index is 1.65. The lowest BCUT2D eigenvalue weighted by atomic mass is 10.2. The van der Waals surface area contributed by atoms with E-state index in [0.29, 0.717) is 23.8 Å². The van der Waals surface area contributed by atoms with Crippen molar-refractivity contribution in [1.29, 1.82) is 0 Å². The van der Waals surface area contributed by atoms with Crippen LogP contribution in [0.15, 0.2) is 24.3 Å². The number of sulfone groups is 1. The Labute approximate surface area is 146 Å². The SMILES string of the molecule is C[C@H](SCCOc1ccc(Cl)cc1)C(=O)N[C@@H]1CCS(=O)(=O)C1. The van der Waals surface area contributed by atoms with Crippen molar-refractivity contribution >= 4 is 39.1 Å². The summed E-state index contributed by atoms with van der Waals surface area (Å²) >= 11 is 7.27. The highest BCUT2D eigenvalue weighted by molar-refractivity contribution is 8.00. The van der Waals surface area contributed by atoms with Gasteiger partial charge >= 0.3 is 0 Å². The first-order chi connectivity index (χ1) is 10.9. The number of rotatable bonds is 7. The third-order valence-corrected chi connectivity index (χ3v) is 6.62. The molecule has 2 atom stereocenters. The quantitative estimate of drug-likeness (QED) is 0.737. The third-order valence-electron chi connectivity index (χ3n) is 3.48. The predicted octanol–water partition coefficient (Wildman–Crippen LogP) is 2.14. The highest BCUT2D eigenvalue weighted by atomic mass is 35.5. The zero-order chi connectivity index (χ0) is 16.9. The standard InChI is InChI=1S/C15H20ClNO4S2/c1-11(15(18)17-13-6-9-23(19,20)10-13)22-8-7-21-14-4-2-12(16)3-5-14/h2-5,11,13H,6-10H2,1H3,(H,17,18)/t11-,13+/m0/s1. The summed E-state index contributed by atoms with van der Waals surface area (Å²) in [5.74, 6) is 1.50. The van der Waals surface area contributed by atoms with E-state index < -0.39 is 9.84 Å². The van der Waals surface area contributed by atoms with Crippen LogP contribution in [0.5, 0.6) is 5.75 Å². The number of benzene rings is 1. The van der Waals surface area contributed by atoms with Gasteiger partial charge in [-0.2, -0.15) is 0 Å². The molecular weight excluding hydrogens is 358 g/mol. The minimum atomic E-state index is -2.97. The molecule has 0 aliphatic carbocycles. The van der Waals surface area contributed by atoms with Gasteiger partial charge in [-0.25, -0.2) is 8.42 Å². The van der Waals surface area contributed by atoms with Gasteiger partial charge in [-0.3, -0.25) is 4.79 Å². The number of amides is 1. The van der Waals surface area contributed by atoms with E-state index >= 15 is 0 Å². The molecule has 0 spiro atoms. The molecule has 1 fully saturated rings. The largest absolute Gasteiger partial charge is 0.493 e. The summed E-state index contributed by atoms with van der Waals surface area (Å²) in [5, 5.41) is 3.22. The van der Waals surface area contributed by atoms with Crippen LogP contribution in [-0.2, 0) is 14.6 Å². The van der Waals surface area contributed by atoms with Gasteiger partial charge in [0.15, 0.2) is 9.84 Å². The van der Waals surface area contributed by atoms with Crippen LogP contribution in [-0.4, -0.2) is 49.5 Å². The topological polar surface area (TPSA) is 72.5 Å². The van der Waals surface area contributed by atoms with E-state index in [0.717, 1.165) is 5.75 Å². The van der Waals surface area contributed by atoms with Crippen molar-refractivity contribution in [3.05, 3.63) is 29.3 Å². The maximum atomic E-state index is 12.0. The van der Waals surface area contributed by atoms with Crippen molar-refractivity contribution in [2.45, 2.75) is 24.6 Å². The summed E-state index contributed by atoms with van der Waals surface area (Å²) in [6, 6.07) is 6.86. The van der Waals surface area contributed by atoms with Gasteiger partial charge in [0.05, 0.1) is 23.4 Å². The van der Waals surface area contributed by atoms with Gasteiger partial charge < -0.3 is 10.1 Å². The predicted molar refractivity (Wildman–Crippen MR) is 94.1 cm³/mol. The first-order valence-electron chi connectivity index (χ1n) is 7.36.